The summed E-state index contributed by atoms with van der Waals surface area (Å²) in [6, 6.07) is 17.6. The van der Waals surface area contributed by atoms with Gasteiger partial charge < -0.3 is 38.7 Å². The van der Waals surface area contributed by atoms with Crippen molar-refractivity contribution in [3.63, 3.8) is 0 Å². The van der Waals surface area contributed by atoms with Gasteiger partial charge in [0.2, 0.25) is 0 Å². The second-order valence-corrected chi connectivity index (χ2v) is 5.95. The van der Waals surface area contributed by atoms with Gasteiger partial charge in [-0.1, -0.05) is 24.3 Å². The van der Waals surface area contributed by atoms with Crippen LogP contribution in [-0.2, 0) is 9.47 Å². The fourth-order valence-corrected chi connectivity index (χ4v) is 2.74. The Morgan fingerprint density at radius 2 is 1.17 bits per heavy atom. The van der Waals surface area contributed by atoms with Crippen LogP contribution >= 0.6 is 0 Å². The van der Waals surface area contributed by atoms with Crippen molar-refractivity contribution in [1.29, 1.82) is 0 Å². The molecule has 1 aromatic heterocycles. The topological polar surface area (TPSA) is 82.8 Å². The van der Waals surface area contributed by atoms with Gasteiger partial charge in [-0.25, -0.2) is 10.8 Å². The fraction of sp³-hybridized carbons (Fsp3) is 0.182. The molecule has 2 aromatic carbocycles. The number of nitrogens with two attached hydrogens (primary N) is 2. The minimum absolute atomic E-state index is 0. The molecule has 29 heavy (non-hydrogen) atoms. The summed E-state index contributed by atoms with van der Waals surface area (Å²) >= 11 is 0. The Morgan fingerprint density at radius 1 is 0.724 bits per heavy atom. The van der Waals surface area contributed by atoms with E-state index in [0.717, 1.165) is 33.6 Å². The first-order valence-corrected chi connectivity index (χ1v) is 8.93. The lowest BCUT2D eigenvalue weighted by Gasteiger charge is -2.02. The maximum absolute atomic E-state index is 5.88. The lowest BCUT2D eigenvalue weighted by molar-refractivity contribution is -0.138. The molecular formula is C22H24Cl2N2O3. The Balaban J connectivity index is 0.00000210. The Morgan fingerprint density at radius 3 is 1.62 bits per heavy atom. The Hall–Kier alpha value is -2.76. The molecule has 0 aliphatic carbocycles. The van der Waals surface area contributed by atoms with E-state index in [1.54, 1.807) is 6.26 Å². The second kappa shape index (κ2) is 11.3. The van der Waals surface area contributed by atoms with Gasteiger partial charge in [0.1, 0.15) is 5.76 Å². The second-order valence-electron chi connectivity index (χ2n) is 5.95. The molecule has 0 amide bonds. The molecule has 5 nitrogen and oxygen atoms in total. The van der Waals surface area contributed by atoms with Crippen LogP contribution in [0.2, 0.25) is 0 Å². The molecule has 0 radical (unpaired) electrons. The van der Waals surface area contributed by atoms with E-state index in [4.69, 9.17) is 24.7 Å². The lowest BCUT2D eigenvalue weighted by Crippen LogP contribution is -3.00. The van der Waals surface area contributed by atoms with Crippen LogP contribution in [0, 0.1) is 0 Å². The number of benzene rings is 2. The highest BCUT2D eigenvalue weighted by Crippen LogP contribution is 2.29. The van der Waals surface area contributed by atoms with Crippen LogP contribution in [0.5, 0.6) is 0 Å². The average Bonchev–Trinajstić information content (AvgIpc) is 3.19. The van der Waals surface area contributed by atoms with Crippen molar-refractivity contribution in [2.75, 3.05) is 13.2 Å². The molecule has 0 fully saturated rings. The first kappa shape index (κ1) is 24.3. The fourth-order valence-electron chi connectivity index (χ4n) is 2.74. The normalized spacial score (nSPS) is 9.72. The highest BCUT2D eigenvalue weighted by Gasteiger charge is 2.12. The third-order valence-electron chi connectivity index (χ3n) is 4.16. The quantitative estimate of drug-likeness (QED) is 0.304. The average molecular weight is 435 g/mol. The van der Waals surface area contributed by atoms with Crippen LogP contribution in [0.25, 0.3) is 22.5 Å². The monoisotopic (exact) mass is 434 g/mol. The highest BCUT2D eigenvalue weighted by molar-refractivity contribution is 5.90. The predicted molar refractivity (Wildman–Crippen MR) is 105 cm³/mol. The van der Waals surface area contributed by atoms with Crippen molar-refractivity contribution in [1.82, 2.24) is 0 Å². The van der Waals surface area contributed by atoms with Crippen molar-refractivity contribution < 1.29 is 49.5 Å². The van der Waals surface area contributed by atoms with Crippen molar-refractivity contribution in [2.24, 2.45) is 0 Å². The van der Waals surface area contributed by atoms with Gasteiger partial charge in [0, 0.05) is 11.1 Å². The number of hydrogen-bond donors (Lipinski definition) is 2. The molecule has 3 rings (SSSR count). The zero-order chi connectivity index (χ0) is 19.2. The minimum atomic E-state index is 0. The number of rotatable bonds is 6. The number of ether oxygens (including phenoxy) is 2. The number of furan rings is 1. The molecule has 0 atom stereocenters. The summed E-state index contributed by atoms with van der Waals surface area (Å²) in [6.07, 6.45) is 1.74. The van der Waals surface area contributed by atoms with Crippen molar-refractivity contribution in [2.45, 2.75) is 13.8 Å². The molecular weight excluding hydrogens is 411 g/mol. The number of halogens is 2. The zero-order valence-corrected chi connectivity index (χ0v) is 17.8. The first-order chi connectivity index (χ1) is 13.1. The molecule has 7 heteroatoms. The van der Waals surface area contributed by atoms with E-state index >= 15 is 0 Å². The van der Waals surface area contributed by atoms with Crippen LogP contribution in [-0.4, -0.2) is 25.0 Å². The van der Waals surface area contributed by atoms with E-state index in [0.29, 0.717) is 25.0 Å². The maximum atomic E-state index is 5.88. The molecule has 3 aromatic rings. The molecule has 4 N–H and O–H groups in total. The number of hydrogen-bond acceptors (Lipinski definition) is 3. The van der Waals surface area contributed by atoms with Gasteiger partial charge in [0.15, 0.2) is 0 Å². The van der Waals surface area contributed by atoms with E-state index in [-0.39, 0.29) is 24.8 Å². The highest BCUT2D eigenvalue weighted by atomic mass is 35.5. The van der Waals surface area contributed by atoms with Crippen molar-refractivity contribution in [3.05, 3.63) is 72.0 Å². The first-order valence-electron chi connectivity index (χ1n) is 8.93. The molecule has 1 heterocycles. The van der Waals surface area contributed by atoms with E-state index in [1.165, 1.54) is 0 Å². The van der Waals surface area contributed by atoms with E-state index in [2.05, 4.69) is 0 Å². The molecule has 0 spiro atoms. The maximum Gasteiger partial charge on any atom is 0.366 e. The van der Waals surface area contributed by atoms with Crippen LogP contribution in [0.1, 0.15) is 25.0 Å². The van der Waals surface area contributed by atoms with Crippen LogP contribution in [0.4, 0.5) is 0 Å². The Bertz CT molecular complexity index is 859. The minimum Gasteiger partial charge on any atom is -1.00 e. The molecule has 0 aliphatic rings. The van der Waals surface area contributed by atoms with Gasteiger partial charge in [0.25, 0.3) is 0 Å². The smallest absolute Gasteiger partial charge is 0.366 e. The van der Waals surface area contributed by atoms with Gasteiger partial charge in [0.05, 0.1) is 30.6 Å². The molecule has 0 bridgehead atoms. The largest absolute Gasteiger partial charge is 1.00 e. The zero-order valence-electron chi connectivity index (χ0n) is 16.3. The molecule has 0 saturated carbocycles. The predicted octanol–water partition coefficient (Wildman–Crippen LogP) is -4.29. The SMILES string of the molecule is CCOC(=[NH2+])c1ccc(-c2coc(-c3ccc(C(=[NH2+])OCC)cc3)c2)cc1.[Cl-].[Cl-]. The van der Waals surface area contributed by atoms with Crippen molar-refractivity contribution in [3.8, 4) is 22.5 Å². The summed E-state index contributed by atoms with van der Waals surface area (Å²) < 4.78 is 16.4. The van der Waals surface area contributed by atoms with Gasteiger partial charge >= 0.3 is 11.8 Å². The summed E-state index contributed by atoms with van der Waals surface area (Å²) in [5.41, 5.74) is 4.73. The van der Waals surface area contributed by atoms with Crippen molar-refractivity contribution >= 4 is 11.8 Å². The summed E-state index contributed by atoms with van der Waals surface area (Å²) in [6.45, 7) is 4.90. The Labute approximate surface area is 182 Å². The molecule has 0 aliphatic heterocycles. The standard InChI is InChI=1S/C22H22N2O3.2ClH/c1-3-25-21(23)17-9-5-15(6-10-17)19-13-20(27-14-19)16-7-11-18(12-8-16)22(24)26-4-2;;/h5-14,23-24H,3-4H2,1-2H3;2*1H. The third kappa shape index (κ3) is 5.86. The van der Waals surface area contributed by atoms with Gasteiger partial charge in [-0.3, -0.25) is 0 Å². The van der Waals surface area contributed by atoms with Gasteiger partial charge in [-0.15, -0.1) is 0 Å². The Kier molecular flexibility index (Phi) is 9.45. The molecule has 0 unspecified atom stereocenters. The summed E-state index contributed by atoms with van der Waals surface area (Å²) in [7, 11) is 0. The van der Waals surface area contributed by atoms with Gasteiger partial charge in [-0.2, -0.15) is 0 Å². The summed E-state index contributed by atoms with van der Waals surface area (Å²) in [5.74, 6) is 1.64. The summed E-state index contributed by atoms with van der Waals surface area (Å²) in [4.78, 5) is 0. The van der Waals surface area contributed by atoms with E-state index in [1.807, 2.05) is 68.4 Å². The summed E-state index contributed by atoms with van der Waals surface area (Å²) in [5, 5.41) is 11.8. The third-order valence-corrected chi connectivity index (χ3v) is 4.16. The lowest BCUT2D eigenvalue weighted by atomic mass is 10.0. The van der Waals surface area contributed by atoms with Crippen LogP contribution in [0.15, 0.2) is 65.3 Å². The van der Waals surface area contributed by atoms with Crippen LogP contribution < -0.4 is 35.6 Å². The van der Waals surface area contributed by atoms with Crippen LogP contribution in [0.3, 0.4) is 0 Å². The van der Waals surface area contributed by atoms with E-state index < -0.39 is 0 Å². The molecule has 154 valence electrons. The van der Waals surface area contributed by atoms with Gasteiger partial charge in [-0.05, 0) is 49.7 Å². The molecule has 0 saturated heterocycles. The van der Waals surface area contributed by atoms with E-state index in [9.17, 15) is 0 Å².